The smallest absolute Gasteiger partial charge is 0.250 e. The molecule has 4 rings (SSSR count). The number of piperidine rings is 1. The molecule has 1 saturated heterocycles. The average Bonchev–Trinajstić information content (AvgIpc) is 3.53. The van der Waals surface area contributed by atoms with Gasteiger partial charge in [0.1, 0.15) is 0 Å². The largest absolute Gasteiger partial charge is 0.384 e. The third kappa shape index (κ3) is 6.13. The fraction of sp³-hybridized carbons (Fsp3) is 0.593. The normalized spacial score (nSPS) is 18.8. The number of nitrogens with two attached hydrogens (primary N) is 1. The molecule has 7 nitrogen and oxygen atoms in total. The number of nitrogens with zero attached hydrogens (tertiary/aromatic N) is 1. The molecule has 0 radical (unpaired) electrons. The molecule has 2 aliphatic heterocycles. The van der Waals surface area contributed by atoms with Crippen LogP contribution in [0.4, 0.5) is 5.69 Å². The summed E-state index contributed by atoms with van der Waals surface area (Å²) in [6.45, 7) is 7.69. The molecule has 1 aromatic heterocycles. The Morgan fingerprint density at radius 2 is 1.94 bits per heavy atom. The van der Waals surface area contributed by atoms with Gasteiger partial charge in [0.25, 0.3) is 5.91 Å². The van der Waals surface area contributed by atoms with Crippen LogP contribution in [0.2, 0.25) is 0 Å². The van der Waals surface area contributed by atoms with E-state index in [1.807, 2.05) is 6.07 Å². The second-order valence-electron chi connectivity index (χ2n) is 9.98. The van der Waals surface area contributed by atoms with Crippen molar-refractivity contribution in [3.63, 3.8) is 0 Å². The lowest BCUT2D eigenvalue weighted by molar-refractivity contribution is 0.100. The number of hydrogen-bond donors (Lipinski definition) is 3. The maximum Gasteiger partial charge on any atom is 0.250 e. The molecule has 0 saturated carbocycles. The molecule has 2 aliphatic rings. The number of amides is 1. The number of carbonyl (C=O) groups is 1. The average molecular weight is 533 g/mol. The molecule has 198 valence electrons. The zero-order valence-electron chi connectivity index (χ0n) is 21.5. The Kier molecular flexibility index (Phi) is 9.09. The molecule has 1 unspecified atom stereocenters. The van der Waals surface area contributed by atoms with E-state index >= 15 is 0 Å². The van der Waals surface area contributed by atoms with Gasteiger partial charge in [0.05, 0.1) is 17.0 Å². The number of benzene rings is 1. The number of fused-ring (bicyclic) bond motifs is 1. The summed E-state index contributed by atoms with van der Waals surface area (Å²) in [6, 6.07) is 8.43. The maximum atomic E-state index is 12.4. The van der Waals surface area contributed by atoms with Gasteiger partial charge in [0, 0.05) is 41.9 Å². The van der Waals surface area contributed by atoms with Crippen molar-refractivity contribution in [1.82, 2.24) is 9.62 Å². The summed E-state index contributed by atoms with van der Waals surface area (Å²) in [5.41, 5.74) is 9.36. The Bertz CT molecular complexity index is 1150. The van der Waals surface area contributed by atoms with Crippen LogP contribution < -0.4 is 16.4 Å². The van der Waals surface area contributed by atoms with Crippen molar-refractivity contribution >= 4 is 33.0 Å². The van der Waals surface area contributed by atoms with E-state index in [1.165, 1.54) is 30.6 Å². The van der Waals surface area contributed by atoms with Crippen molar-refractivity contribution in [2.45, 2.75) is 64.8 Å². The number of thiophene rings is 1. The molecule has 2 aromatic rings. The molecule has 1 amide bonds. The van der Waals surface area contributed by atoms with Crippen LogP contribution in [0.15, 0.2) is 24.3 Å². The predicted octanol–water partition coefficient (Wildman–Crippen LogP) is 4.75. The number of anilines is 1. The van der Waals surface area contributed by atoms with Gasteiger partial charge in [-0.1, -0.05) is 26.2 Å². The van der Waals surface area contributed by atoms with Gasteiger partial charge in [0.2, 0.25) is 10.0 Å². The van der Waals surface area contributed by atoms with E-state index in [0.29, 0.717) is 24.6 Å². The Morgan fingerprint density at radius 1 is 1.17 bits per heavy atom. The first-order valence-corrected chi connectivity index (χ1v) is 15.8. The Balaban J connectivity index is 1.49. The summed E-state index contributed by atoms with van der Waals surface area (Å²) < 4.78 is 26.2. The number of primary amides is 1. The SMILES string of the molecule is CCCCCCNCc1ccc(-c2cc(C(N)=O)c3c(c2)C(C2CCN(S(=O)(=O)CC)CC2)CN3)s1. The highest BCUT2D eigenvalue weighted by Gasteiger charge is 2.36. The standard InChI is InChI=1S/C27H40N4O3S2/c1-3-5-6-7-12-29-17-21-8-9-25(35-21)20-15-22-24(18-30-26(22)23(16-20)27(28)32)19-10-13-31(14-11-19)36(33,34)4-2/h8-9,15-16,19,24,29-30H,3-7,10-14,17-18H2,1-2H3,(H2,28,32). The number of nitrogens with one attached hydrogen (secondary N) is 2. The van der Waals surface area contributed by atoms with Crippen molar-refractivity contribution in [3.8, 4) is 10.4 Å². The van der Waals surface area contributed by atoms with E-state index in [-0.39, 0.29) is 11.7 Å². The van der Waals surface area contributed by atoms with Gasteiger partial charge in [-0.3, -0.25) is 4.79 Å². The summed E-state index contributed by atoms with van der Waals surface area (Å²) in [4.78, 5) is 14.8. The van der Waals surface area contributed by atoms with Crippen LogP contribution in [0, 0.1) is 5.92 Å². The third-order valence-corrected chi connectivity index (χ3v) is 10.6. The monoisotopic (exact) mass is 532 g/mol. The molecule has 1 fully saturated rings. The van der Waals surface area contributed by atoms with Crippen LogP contribution >= 0.6 is 11.3 Å². The van der Waals surface area contributed by atoms with Crippen molar-refractivity contribution in [3.05, 3.63) is 40.3 Å². The molecule has 3 heterocycles. The molecular formula is C27H40N4O3S2. The number of carbonyl (C=O) groups excluding carboxylic acids is 1. The fourth-order valence-electron chi connectivity index (χ4n) is 5.49. The van der Waals surface area contributed by atoms with Crippen molar-refractivity contribution in [1.29, 1.82) is 0 Å². The first-order chi connectivity index (χ1) is 17.3. The molecule has 4 N–H and O–H groups in total. The summed E-state index contributed by atoms with van der Waals surface area (Å²) in [5.74, 6) is 0.340. The van der Waals surface area contributed by atoms with Crippen LogP contribution in [0.3, 0.4) is 0 Å². The number of sulfonamides is 1. The molecule has 36 heavy (non-hydrogen) atoms. The zero-order valence-corrected chi connectivity index (χ0v) is 23.1. The predicted molar refractivity (Wildman–Crippen MR) is 149 cm³/mol. The van der Waals surface area contributed by atoms with Crippen LogP contribution in [-0.4, -0.2) is 50.6 Å². The summed E-state index contributed by atoms with van der Waals surface area (Å²) in [7, 11) is -3.15. The first-order valence-electron chi connectivity index (χ1n) is 13.3. The molecule has 0 spiro atoms. The lowest BCUT2D eigenvalue weighted by Crippen LogP contribution is -2.40. The first kappa shape index (κ1) is 27.1. The van der Waals surface area contributed by atoms with Crippen molar-refractivity contribution in [2.75, 3.05) is 37.2 Å². The molecule has 0 aliphatic carbocycles. The third-order valence-electron chi connectivity index (χ3n) is 7.61. The van der Waals surface area contributed by atoms with E-state index in [2.05, 4.69) is 35.8 Å². The highest BCUT2D eigenvalue weighted by molar-refractivity contribution is 7.89. The van der Waals surface area contributed by atoms with Gasteiger partial charge in [-0.05, 0) is 74.0 Å². The second-order valence-corrected chi connectivity index (χ2v) is 13.4. The van der Waals surface area contributed by atoms with Gasteiger partial charge < -0.3 is 16.4 Å². The molecule has 1 aromatic carbocycles. The van der Waals surface area contributed by atoms with Crippen LogP contribution in [-0.2, 0) is 16.6 Å². The Labute approximate surface area is 219 Å². The van der Waals surface area contributed by atoms with Gasteiger partial charge in [-0.15, -0.1) is 11.3 Å². The minimum absolute atomic E-state index is 0.147. The number of rotatable bonds is 12. The highest BCUT2D eigenvalue weighted by Crippen LogP contribution is 2.45. The topological polar surface area (TPSA) is 105 Å². The van der Waals surface area contributed by atoms with Gasteiger partial charge in [-0.2, -0.15) is 0 Å². The van der Waals surface area contributed by atoms with E-state index < -0.39 is 15.9 Å². The Hall–Kier alpha value is -1.94. The van der Waals surface area contributed by atoms with Gasteiger partial charge in [0.15, 0.2) is 0 Å². The van der Waals surface area contributed by atoms with Gasteiger partial charge in [-0.25, -0.2) is 12.7 Å². The highest BCUT2D eigenvalue weighted by atomic mass is 32.2. The lowest BCUT2D eigenvalue weighted by atomic mass is 9.80. The van der Waals surface area contributed by atoms with E-state index in [0.717, 1.165) is 54.2 Å². The van der Waals surface area contributed by atoms with Crippen LogP contribution in [0.25, 0.3) is 10.4 Å². The maximum absolute atomic E-state index is 12.4. The molecule has 0 bridgehead atoms. The van der Waals surface area contributed by atoms with E-state index in [4.69, 9.17) is 5.73 Å². The summed E-state index contributed by atoms with van der Waals surface area (Å²) in [5, 5.41) is 6.99. The van der Waals surface area contributed by atoms with E-state index in [9.17, 15) is 13.2 Å². The number of hydrogen-bond acceptors (Lipinski definition) is 6. The van der Waals surface area contributed by atoms with Crippen molar-refractivity contribution in [2.24, 2.45) is 11.7 Å². The number of unbranched alkanes of at least 4 members (excludes halogenated alkanes) is 3. The molecular weight excluding hydrogens is 492 g/mol. The van der Waals surface area contributed by atoms with Crippen LogP contribution in [0.1, 0.15) is 79.1 Å². The Morgan fingerprint density at radius 3 is 2.64 bits per heavy atom. The lowest BCUT2D eigenvalue weighted by Gasteiger charge is -2.34. The minimum atomic E-state index is -3.15. The summed E-state index contributed by atoms with van der Waals surface area (Å²) in [6.07, 6.45) is 6.67. The molecule has 9 heteroatoms. The zero-order chi connectivity index (χ0) is 25.7. The fourth-order valence-corrected chi connectivity index (χ4v) is 7.59. The van der Waals surface area contributed by atoms with E-state index in [1.54, 1.807) is 22.6 Å². The quantitative estimate of drug-likeness (QED) is 0.342. The summed E-state index contributed by atoms with van der Waals surface area (Å²) >= 11 is 1.75. The van der Waals surface area contributed by atoms with Gasteiger partial charge >= 0.3 is 0 Å². The van der Waals surface area contributed by atoms with Crippen LogP contribution in [0.5, 0.6) is 0 Å². The second kappa shape index (κ2) is 12.1. The minimum Gasteiger partial charge on any atom is -0.384 e. The van der Waals surface area contributed by atoms with Crippen molar-refractivity contribution < 1.29 is 13.2 Å². The molecule has 1 atom stereocenters.